The lowest BCUT2D eigenvalue weighted by atomic mass is 9.85. The topological polar surface area (TPSA) is 32.8 Å². The van der Waals surface area contributed by atoms with Crippen molar-refractivity contribution in [2.75, 3.05) is 46.4 Å². The van der Waals surface area contributed by atoms with Gasteiger partial charge in [0, 0.05) is 26.2 Å². The van der Waals surface area contributed by atoms with E-state index in [1.807, 2.05) is 0 Å². The molecule has 4 heteroatoms. The predicted molar refractivity (Wildman–Crippen MR) is 82.8 cm³/mol. The Kier molecular flexibility index (Phi) is 7.52. The lowest BCUT2D eigenvalue weighted by molar-refractivity contribution is -0.145. The molecule has 1 aliphatic rings. The van der Waals surface area contributed by atoms with Crippen LogP contribution in [0.2, 0.25) is 0 Å². The number of esters is 1. The van der Waals surface area contributed by atoms with Crippen LogP contribution in [0.5, 0.6) is 0 Å². The van der Waals surface area contributed by atoms with E-state index in [0.29, 0.717) is 18.6 Å². The molecule has 20 heavy (non-hydrogen) atoms. The molecule has 0 aromatic carbocycles. The van der Waals surface area contributed by atoms with E-state index in [9.17, 15) is 4.79 Å². The van der Waals surface area contributed by atoms with Crippen molar-refractivity contribution in [2.45, 2.75) is 46.5 Å². The summed E-state index contributed by atoms with van der Waals surface area (Å²) in [6.45, 7) is 11.9. The van der Waals surface area contributed by atoms with Gasteiger partial charge in [-0.05, 0) is 31.7 Å². The molecule has 0 saturated carbocycles. The van der Waals surface area contributed by atoms with Crippen molar-refractivity contribution in [1.29, 1.82) is 0 Å². The molecule has 1 rings (SSSR count). The number of carbonyl (C=O) groups is 1. The van der Waals surface area contributed by atoms with E-state index in [1.165, 1.54) is 12.8 Å². The highest BCUT2D eigenvalue weighted by atomic mass is 16.5. The third-order valence-corrected chi connectivity index (χ3v) is 4.42. The normalized spacial score (nSPS) is 18.2. The smallest absolute Gasteiger partial charge is 0.320 e. The number of carbonyl (C=O) groups excluding carboxylic acids is 1. The van der Waals surface area contributed by atoms with Gasteiger partial charge < -0.3 is 9.64 Å². The fraction of sp³-hybridized carbons (Fsp3) is 0.938. The average Bonchev–Trinajstić information content (AvgIpc) is 2.41. The van der Waals surface area contributed by atoms with Crippen molar-refractivity contribution in [3.63, 3.8) is 0 Å². The van der Waals surface area contributed by atoms with Crippen LogP contribution in [0.15, 0.2) is 0 Å². The second-order valence-electron chi connectivity index (χ2n) is 6.77. The van der Waals surface area contributed by atoms with Gasteiger partial charge in [-0.3, -0.25) is 9.69 Å². The second-order valence-corrected chi connectivity index (χ2v) is 6.77. The van der Waals surface area contributed by atoms with Gasteiger partial charge in [0.15, 0.2) is 0 Å². The molecule has 1 saturated heterocycles. The molecule has 1 heterocycles. The van der Waals surface area contributed by atoms with Crippen LogP contribution in [-0.4, -0.2) is 62.1 Å². The number of rotatable bonds is 8. The van der Waals surface area contributed by atoms with E-state index in [4.69, 9.17) is 4.74 Å². The number of nitrogens with zero attached hydrogens (tertiary/aromatic N) is 2. The SMILES string of the molecule is CCC(C)(C)CCCCOC(=O)CN1CCN(C)CC1. The fourth-order valence-electron chi connectivity index (χ4n) is 2.30. The third kappa shape index (κ3) is 7.25. The lowest BCUT2D eigenvalue weighted by Gasteiger charge is -2.31. The Labute approximate surface area is 124 Å². The van der Waals surface area contributed by atoms with Gasteiger partial charge in [0.2, 0.25) is 0 Å². The van der Waals surface area contributed by atoms with Crippen LogP contribution in [0.1, 0.15) is 46.5 Å². The van der Waals surface area contributed by atoms with Crippen LogP contribution in [0.25, 0.3) is 0 Å². The Morgan fingerprint density at radius 1 is 1.15 bits per heavy atom. The van der Waals surface area contributed by atoms with Gasteiger partial charge in [0.05, 0.1) is 13.2 Å². The van der Waals surface area contributed by atoms with Crippen molar-refractivity contribution < 1.29 is 9.53 Å². The lowest BCUT2D eigenvalue weighted by Crippen LogP contribution is -2.46. The van der Waals surface area contributed by atoms with Crippen molar-refractivity contribution in [1.82, 2.24) is 9.80 Å². The number of piperazine rings is 1. The monoisotopic (exact) mass is 284 g/mol. The van der Waals surface area contributed by atoms with Crippen molar-refractivity contribution in [3.05, 3.63) is 0 Å². The fourth-order valence-corrected chi connectivity index (χ4v) is 2.30. The Morgan fingerprint density at radius 2 is 1.80 bits per heavy atom. The molecule has 0 N–H and O–H groups in total. The van der Waals surface area contributed by atoms with Crippen LogP contribution in [0.4, 0.5) is 0 Å². The molecule has 1 fully saturated rings. The first kappa shape index (κ1) is 17.4. The van der Waals surface area contributed by atoms with Crippen LogP contribution in [-0.2, 0) is 9.53 Å². The molecule has 1 aliphatic heterocycles. The van der Waals surface area contributed by atoms with E-state index in [-0.39, 0.29) is 5.97 Å². The highest BCUT2D eigenvalue weighted by Crippen LogP contribution is 2.26. The molecule has 0 aliphatic carbocycles. The van der Waals surface area contributed by atoms with Gasteiger partial charge in [-0.1, -0.05) is 27.2 Å². The van der Waals surface area contributed by atoms with Crippen LogP contribution >= 0.6 is 0 Å². The molecular formula is C16H32N2O2. The third-order valence-electron chi connectivity index (χ3n) is 4.42. The van der Waals surface area contributed by atoms with Crippen LogP contribution in [0.3, 0.4) is 0 Å². The van der Waals surface area contributed by atoms with E-state index < -0.39 is 0 Å². The van der Waals surface area contributed by atoms with E-state index in [1.54, 1.807) is 0 Å². The minimum atomic E-state index is -0.0655. The Hall–Kier alpha value is -0.610. The van der Waals surface area contributed by atoms with E-state index >= 15 is 0 Å². The van der Waals surface area contributed by atoms with Gasteiger partial charge in [-0.2, -0.15) is 0 Å². The average molecular weight is 284 g/mol. The van der Waals surface area contributed by atoms with E-state index in [2.05, 4.69) is 37.6 Å². The summed E-state index contributed by atoms with van der Waals surface area (Å²) in [6.07, 6.45) is 4.54. The molecule has 4 nitrogen and oxygen atoms in total. The molecule has 0 amide bonds. The summed E-state index contributed by atoms with van der Waals surface area (Å²) in [4.78, 5) is 16.2. The molecule has 0 aromatic rings. The van der Waals surface area contributed by atoms with Crippen LogP contribution in [0, 0.1) is 5.41 Å². The minimum Gasteiger partial charge on any atom is -0.465 e. The molecule has 0 unspecified atom stereocenters. The van der Waals surface area contributed by atoms with Crippen molar-refractivity contribution >= 4 is 5.97 Å². The Bertz CT molecular complexity index is 284. The van der Waals surface area contributed by atoms with Gasteiger partial charge in [-0.15, -0.1) is 0 Å². The van der Waals surface area contributed by atoms with E-state index in [0.717, 1.165) is 39.0 Å². The summed E-state index contributed by atoms with van der Waals surface area (Å²) in [5.41, 5.74) is 0.420. The molecule has 0 radical (unpaired) electrons. The highest BCUT2D eigenvalue weighted by molar-refractivity contribution is 5.71. The number of likely N-dealkylation sites (N-methyl/N-ethyl adjacent to an activating group) is 1. The zero-order valence-corrected chi connectivity index (χ0v) is 13.8. The first-order chi connectivity index (χ1) is 9.43. The number of hydrogen-bond acceptors (Lipinski definition) is 4. The van der Waals surface area contributed by atoms with Gasteiger partial charge in [0.25, 0.3) is 0 Å². The number of hydrogen-bond donors (Lipinski definition) is 0. The molecule has 0 atom stereocenters. The summed E-state index contributed by atoms with van der Waals surface area (Å²) in [7, 11) is 2.12. The summed E-state index contributed by atoms with van der Waals surface area (Å²) < 4.78 is 5.33. The van der Waals surface area contributed by atoms with Gasteiger partial charge in [0.1, 0.15) is 0 Å². The maximum absolute atomic E-state index is 11.7. The highest BCUT2D eigenvalue weighted by Gasteiger charge is 2.17. The number of ether oxygens (including phenoxy) is 1. The first-order valence-corrected chi connectivity index (χ1v) is 7.99. The van der Waals surface area contributed by atoms with Gasteiger partial charge in [-0.25, -0.2) is 0 Å². The molecule has 118 valence electrons. The molecule has 0 aromatic heterocycles. The Morgan fingerprint density at radius 3 is 2.40 bits per heavy atom. The molecular weight excluding hydrogens is 252 g/mol. The summed E-state index contributed by atoms with van der Waals surface area (Å²) in [5, 5.41) is 0. The van der Waals surface area contributed by atoms with Crippen molar-refractivity contribution in [3.8, 4) is 0 Å². The zero-order chi connectivity index (χ0) is 15.0. The van der Waals surface area contributed by atoms with Crippen LogP contribution < -0.4 is 0 Å². The summed E-state index contributed by atoms with van der Waals surface area (Å²) in [5.74, 6) is -0.0655. The Balaban J connectivity index is 2.03. The standard InChI is InChI=1S/C16H32N2O2/c1-5-16(2,3)8-6-7-13-20-15(19)14-18-11-9-17(4)10-12-18/h5-14H2,1-4H3. The quantitative estimate of drug-likeness (QED) is 0.506. The first-order valence-electron chi connectivity index (χ1n) is 7.99. The number of unbranched alkanes of at least 4 members (excludes halogenated alkanes) is 1. The summed E-state index contributed by atoms with van der Waals surface area (Å²) in [6, 6.07) is 0. The van der Waals surface area contributed by atoms with Gasteiger partial charge >= 0.3 is 5.97 Å². The minimum absolute atomic E-state index is 0.0655. The molecule has 0 spiro atoms. The van der Waals surface area contributed by atoms with Crippen molar-refractivity contribution in [2.24, 2.45) is 5.41 Å². The molecule has 0 bridgehead atoms. The maximum atomic E-state index is 11.7. The largest absolute Gasteiger partial charge is 0.465 e. The zero-order valence-electron chi connectivity index (χ0n) is 13.8. The summed E-state index contributed by atoms with van der Waals surface area (Å²) >= 11 is 0. The maximum Gasteiger partial charge on any atom is 0.320 e. The predicted octanol–water partition coefficient (Wildman–Crippen LogP) is 2.38. The second kappa shape index (κ2) is 8.63.